The van der Waals surface area contributed by atoms with Gasteiger partial charge < -0.3 is 5.73 Å². The molecule has 0 aromatic carbocycles. The molecule has 2 aromatic rings. The van der Waals surface area contributed by atoms with Crippen molar-refractivity contribution >= 4 is 11.6 Å². The number of pyridine rings is 1. The Morgan fingerprint density at radius 3 is 2.80 bits per heavy atom. The number of nitrogens with zero attached hydrogens (tertiary/aromatic N) is 3. The largest absolute Gasteiger partial charge is 0.325 e. The average Bonchev–Trinajstić information content (AvgIpc) is 2.66. The molecule has 2 N–H and O–H groups in total. The Morgan fingerprint density at radius 2 is 2.20 bits per heavy atom. The van der Waals surface area contributed by atoms with Crippen LogP contribution in [-0.4, -0.2) is 14.8 Å². The minimum Gasteiger partial charge on any atom is -0.325 e. The van der Waals surface area contributed by atoms with Gasteiger partial charge in [0.25, 0.3) is 0 Å². The summed E-state index contributed by atoms with van der Waals surface area (Å²) in [5.74, 6) is 0.730. The SMILES string of the molecule is Cc1ccn(-c2ccc(Cl)c(CN)n2)n1. The maximum atomic E-state index is 5.92. The number of rotatable bonds is 2. The van der Waals surface area contributed by atoms with Crippen LogP contribution in [0, 0.1) is 6.92 Å². The van der Waals surface area contributed by atoms with Crippen molar-refractivity contribution in [2.45, 2.75) is 13.5 Å². The molecule has 0 saturated heterocycles. The first-order chi connectivity index (χ1) is 7.20. The van der Waals surface area contributed by atoms with Crippen LogP contribution in [0.25, 0.3) is 5.82 Å². The Labute approximate surface area is 92.7 Å². The molecule has 0 amide bonds. The lowest BCUT2D eigenvalue weighted by Gasteiger charge is -2.04. The second-order valence-corrected chi connectivity index (χ2v) is 3.61. The standard InChI is InChI=1S/C10H11ClN4/c1-7-4-5-15(14-7)10-3-2-8(11)9(6-12)13-10/h2-5H,6,12H2,1H3. The lowest BCUT2D eigenvalue weighted by Crippen LogP contribution is -2.05. The van der Waals surface area contributed by atoms with E-state index in [0.717, 1.165) is 11.5 Å². The van der Waals surface area contributed by atoms with Crippen molar-refractivity contribution in [1.29, 1.82) is 0 Å². The molecule has 2 rings (SSSR count). The first-order valence-corrected chi connectivity index (χ1v) is 4.96. The van der Waals surface area contributed by atoms with Gasteiger partial charge in [0, 0.05) is 12.7 Å². The fraction of sp³-hybridized carbons (Fsp3) is 0.200. The monoisotopic (exact) mass is 222 g/mol. The third-order valence-electron chi connectivity index (χ3n) is 2.05. The van der Waals surface area contributed by atoms with Crippen molar-refractivity contribution in [3.05, 3.63) is 40.8 Å². The predicted molar refractivity (Wildman–Crippen MR) is 59.0 cm³/mol. The Morgan fingerprint density at radius 1 is 1.40 bits per heavy atom. The molecule has 78 valence electrons. The zero-order valence-corrected chi connectivity index (χ0v) is 9.07. The van der Waals surface area contributed by atoms with Gasteiger partial charge in [0.2, 0.25) is 0 Å². The Kier molecular flexibility index (Phi) is 2.70. The molecule has 0 bridgehead atoms. The van der Waals surface area contributed by atoms with Crippen LogP contribution in [0.1, 0.15) is 11.4 Å². The van der Waals surface area contributed by atoms with Crippen LogP contribution in [0.5, 0.6) is 0 Å². The van der Waals surface area contributed by atoms with E-state index < -0.39 is 0 Å². The summed E-state index contributed by atoms with van der Waals surface area (Å²) in [5.41, 5.74) is 7.15. The van der Waals surface area contributed by atoms with Crippen molar-refractivity contribution in [3.8, 4) is 5.82 Å². The van der Waals surface area contributed by atoms with E-state index in [0.29, 0.717) is 17.3 Å². The maximum absolute atomic E-state index is 5.92. The van der Waals surface area contributed by atoms with Crippen LogP contribution in [0.15, 0.2) is 24.4 Å². The highest BCUT2D eigenvalue weighted by molar-refractivity contribution is 6.31. The summed E-state index contributed by atoms with van der Waals surface area (Å²) in [5, 5.41) is 4.84. The Balaban J connectivity index is 2.45. The van der Waals surface area contributed by atoms with Crippen LogP contribution < -0.4 is 5.73 Å². The van der Waals surface area contributed by atoms with Gasteiger partial charge in [0.1, 0.15) is 0 Å². The van der Waals surface area contributed by atoms with Gasteiger partial charge in [-0.2, -0.15) is 5.10 Å². The molecule has 15 heavy (non-hydrogen) atoms. The zero-order chi connectivity index (χ0) is 10.8. The van der Waals surface area contributed by atoms with E-state index in [9.17, 15) is 0 Å². The fourth-order valence-electron chi connectivity index (χ4n) is 1.29. The van der Waals surface area contributed by atoms with Crippen LogP contribution in [0.3, 0.4) is 0 Å². The maximum Gasteiger partial charge on any atom is 0.153 e. The quantitative estimate of drug-likeness (QED) is 0.841. The molecule has 0 unspecified atom stereocenters. The van der Waals surface area contributed by atoms with Gasteiger partial charge in [-0.1, -0.05) is 11.6 Å². The normalized spacial score (nSPS) is 10.6. The molecule has 0 spiro atoms. The van der Waals surface area contributed by atoms with Gasteiger partial charge in [-0.3, -0.25) is 0 Å². The minimum atomic E-state index is 0.326. The first kappa shape index (κ1) is 10.1. The summed E-state index contributed by atoms with van der Waals surface area (Å²) in [4.78, 5) is 4.32. The molecule has 0 aliphatic heterocycles. The van der Waals surface area contributed by atoms with E-state index in [1.165, 1.54) is 0 Å². The van der Waals surface area contributed by atoms with Crippen molar-refractivity contribution in [3.63, 3.8) is 0 Å². The van der Waals surface area contributed by atoms with Gasteiger partial charge >= 0.3 is 0 Å². The molecule has 2 aromatic heterocycles. The second kappa shape index (κ2) is 4.00. The van der Waals surface area contributed by atoms with Crippen LogP contribution >= 0.6 is 11.6 Å². The molecular weight excluding hydrogens is 212 g/mol. The van der Waals surface area contributed by atoms with E-state index in [2.05, 4.69) is 10.1 Å². The highest BCUT2D eigenvalue weighted by Gasteiger charge is 2.04. The fourth-order valence-corrected chi connectivity index (χ4v) is 1.47. The van der Waals surface area contributed by atoms with Crippen molar-refractivity contribution in [2.75, 3.05) is 0 Å². The predicted octanol–water partition coefficient (Wildman–Crippen LogP) is 1.69. The first-order valence-electron chi connectivity index (χ1n) is 4.59. The van der Waals surface area contributed by atoms with E-state index in [4.69, 9.17) is 17.3 Å². The van der Waals surface area contributed by atoms with E-state index in [1.807, 2.05) is 25.3 Å². The number of hydrogen-bond donors (Lipinski definition) is 1. The third kappa shape index (κ3) is 2.00. The van der Waals surface area contributed by atoms with E-state index >= 15 is 0 Å². The number of aryl methyl sites for hydroxylation is 1. The van der Waals surface area contributed by atoms with Gasteiger partial charge in [-0.05, 0) is 25.1 Å². The summed E-state index contributed by atoms with van der Waals surface area (Å²) < 4.78 is 1.70. The highest BCUT2D eigenvalue weighted by atomic mass is 35.5. The summed E-state index contributed by atoms with van der Waals surface area (Å²) >= 11 is 5.92. The van der Waals surface area contributed by atoms with Crippen molar-refractivity contribution < 1.29 is 0 Å². The number of nitrogens with two attached hydrogens (primary N) is 1. The third-order valence-corrected chi connectivity index (χ3v) is 2.40. The smallest absolute Gasteiger partial charge is 0.153 e. The molecule has 0 aliphatic rings. The second-order valence-electron chi connectivity index (χ2n) is 3.20. The molecule has 0 saturated carbocycles. The highest BCUT2D eigenvalue weighted by Crippen LogP contribution is 2.15. The van der Waals surface area contributed by atoms with Gasteiger partial charge in [-0.15, -0.1) is 0 Å². The summed E-state index contributed by atoms with van der Waals surface area (Å²) in [6.07, 6.45) is 1.85. The van der Waals surface area contributed by atoms with Crippen LogP contribution in [-0.2, 0) is 6.54 Å². The minimum absolute atomic E-state index is 0.326. The lowest BCUT2D eigenvalue weighted by atomic mass is 10.3. The molecule has 0 radical (unpaired) electrons. The van der Waals surface area contributed by atoms with E-state index in [-0.39, 0.29) is 0 Å². The Bertz CT molecular complexity index is 478. The van der Waals surface area contributed by atoms with Crippen molar-refractivity contribution in [1.82, 2.24) is 14.8 Å². The van der Waals surface area contributed by atoms with Crippen LogP contribution in [0.4, 0.5) is 0 Å². The number of hydrogen-bond acceptors (Lipinski definition) is 3. The molecule has 5 heteroatoms. The molecule has 4 nitrogen and oxygen atoms in total. The summed E-state index contributed by atoms with van der Waals surface area (Å²) in [7, 11) is 0. The lowest BCUT2D eigenvalue weighted by molar-refractivity contribution is 0.817. The zero-order valence-electron chi connectivity index (χ0n) is 8.31. The number of halogens is 1. The molecule has 0 aliphatic carbocycles. The summed E-state index contributed by atoms with van der Waals surface area (Å²) in [6.45, 7) is 2.25. The Hall–Kier alpha value is -1.39. The van der Waals surface area contributed by atoms with Gasteiger partial charge in [-0.25, -0.2) is 9.67 Å². The van der Waals surface area contributed by atoms with Gasteiger partial charge in [0.05, 0.1) is 16.4 Å². The van der Waals surface area contributed by atoms with Crippen molar-refractivity contribution in [2.24, 2.45) is 5.73 Å². The molecule has 0 fully saturated rings. The summed E-state index contributed by atoms with van der Waals surface area (Å²) in [6, 6.07) is 5.51. The molecular formula is C10H11ClN4. The van der Waals surface area contributed by atoms with Gasteiger partial charge in [0.15, 0.2) is 5.82 Å². The molecule has 0 atom stereocenters. The number of aromatic nitrogens is 3. The van der Waals surface area contributed by atoms with Crippen LogP contribution in [0.2, 0.25) is 5.02 Å². The average molecular weight is 223 g/mol. The topological polar surface area (TPSA) is 56.7 Å². The molecule has 2 heterocycles. The van der Waals surface area contributed by atoms with E-state index in [1.54, 1.807) is 10.7 Å².